The maximum Gasteiger partial charge on any atom is 0.00918 e. The minimum Gasteiger partial charge on any atom is -0.0653 e. The summed E-state index contributed by atoms with van der Waals surface area (Å²) in [6.45, 7) is 6.65. The summed E-state index contributed by atoms with van der Waals surface area (Å²) in [4.78, 5) is 0. The fourth-order valence-corrected chi connectivity index (χ4v) is 2.69. The van der Waals surface area contributed by atoms with Crippen LogP contribution < -0.4 is 0 Å². The maximum absolute atomic E-state index is 2.30. The van der Waals surface area contributed by atoms with Gasteiger partial charge in [-0.2, -0.15) is 0 Å². The highest BCUT2D eigenvalue weighted by Gasteiger charge is 2.14. The van der Waals surface area contributed by atoms with Crippen LogP contribution in [0.1, 0.15) is 47.9 Å². The number of aryl methyl sites for hydroxylation is 2. The summed E-state index contributed by atoms with van der Waals surface area (Å²) < 4.78 is 0. The molecular formula is C18H22. The largest absolute Gasteiger partial charge is 0.0653 e. The van der Waals surface area contributed by atoms with Crippen molar-refractivity contribution in [3.8, 4) is 0 Å². The molecule has 0 heteroatoms. The topological polar surface area (TPSA) is 0 Å². The van der Waals surface area contributed by atoms with E-state index in [1.54, 1.807) is 0 Å². The average Bonchev–Trinajstić information content (AvgIpc) is 2.38. The van der Waals surface area contributed by atoms with E-state index in [-0.39, 0.29) is 0 Å². The van der Waals surface area contributed by atoms with E-state index in [4.69, 9.17) is 0 Å². The summed E-state index contributed by atoms with van der Waals surface area (Å²) in [5.74, 6) is 0.539. The zero-order valence-electron chi connectivity index (χ0n) is 11.6. The van der Waals surface area contributed by atoms with Crippen molar-refractivity contribution in [3.63, 3.8) is 0 Å². The molecule has 0 nitrogen and oxygen atoms in total. The Bertz CT molecular complexity index is 497. The number of benzene rings is 2. The third-order valence-corrected chi connectivity index (χ3v) is 3.58. The highest BCUT2D eigenvalue weighted by molar-refractivity contribution is 5.39. The third-order valence-electron chi connectivity index (χ3n) is 3.58. The van der Waals surface area contributed by atoms with Crippen LogP contribution in [0.5, 0.6) is 0 Å². The lowest BCUT2D eigenvalue weighted by Gasteiger charge is -2.20. The summed E-state index contributed by atoms with van der Waals surface area (Å²) in [6.07, 6.45) is 2.43. The van der Waals surface area contributed by atoms with E-state index in [0.717, 1.165) is 0 Å². The van der Waals surface area contributed by atoms with Gasteiger partial charge in [-0.05, 0) is 37.0 Å². The Morgan fingerprint density at radius 2 is 1.67 bits per heavy atom. The molecule has 2 aromatic carbocycles. The van der Waals surface area contributed by atoms with Crippen LogP contribution in [0.4, 0.5) is 0 Å². The van der Waals surface area contributed by atoms with Crippen molar-refractivity contribution in [2.45, 2.75) is 39.5 Å². The molecule has 0 bridgehead atoms. The number of hydrogen-bond donors (Lipinski definition) is 0. The van der Waals surface area contributed by atoms with Crippen LogP contribution in [0.25, 0.3) is 0 Å². The van der Waals surface area contributed by atoms with E-state index in [1.165, 1.54) is 35.1 Å². The normalized spacial score (nSPS) is 12.4. The fourth-order valence-electron chi connectivity index (χ4n) is 2.69. The van der Waals surface area contributed by atoms with Crippen molar-refractivity contribution in [1.29, 1.82) is 0 Å². The van der Waals surface area contributed by atoms with Crippen molar-refractivity contribution >= 4 is 0 Å². The molecule has 0 amide bonds. The van der Waals surface area contributed by atoms with E-state index in [2.05, 4.69) is 69.3 Å². The van der Waals surface area contributed by atoms with Gasteiger partial charge in [-0.3, -0.25) is 0 Å². The van der Waals surface area contributed by atoms with Crippen molar-refractivity contribution < 1.29 is 0 Å². The van der Waals surface area contributed by atoms with Crippen molar-refractivity contribution in [3.05, 3.63) is 70.8 Å². The first-order valence-electron chi connectivity index (χ1n) is 6.84. The second-order valence-electron chi connectivity index (χ2n) is 5.11. The lowest BCUT2D eigenvalue weighted by atomic mass is 9.85. The molecule has 0 radical (unpaired) electrons. The Morgan fingerprint density at radius 1 is 0.944 bits per heavy atom. The minimum atomic E-state index is 0.539. The van der Waals surface area contributed by atoms with Gasteiger partial charge in [0.1, 0.15) is 0 Å². The lowest BCUT2D eigenvalue weighted by molar-refractivity contribution is 0.694. The first-order valence-corrected chi connectivity index (χ1v) is 6.84. The second-order valence-corrected chi connectivity index (χ2v) is 5.11. The van der Waals surface area contributed by atoms with E-state index in [9.17, 15) is 0 Å². The van der Waals surface area contributed by atoms with Gasteiger partial charge in [-0.1, -0.05) is 67.4 Å². The molecule has 0 aromatic heterocycles. The van der Waals surface area contributed by atoms with Gasteiger partial charge in [0.2, 0.25) is 0 Å². The average molecular weight is 238 g/mol. The molecule has 2 rings (SSSR count). The Kier molecular flexibility index (Phi) is 4.19. The van der Waals surface area contributed by atoms with E-state index < -0.39 is 0 Å². The predicted molar refractivity (Wildman–Crippen MR) is 79.1 cm³/mol. The molecule has 18 heavy (non-hydrogen) atoms. The van der Waals surface area contributed by atoms with Crippen LogP contribution in [0.3, 0.4) is 0 Å². The smallest absolute Gasteiger partial charge is 0.00918 e. The van der Waals surface area contributed by atoms with Crippen LogP contribution in [0, 0.1) is 13.8 Å². The van der Waals surface area contributed by atoms with Gasteiger partial charge in [0.05, 0.1) is 0 Å². The molecule has 2 aromatic rings. The molecule has 0 spiro atoms. The molecule has 94 valence electrons. The number of hydrogen-bond acceptors (Lipinski definition) is 0. The molecule has 0 aliphatic rings. The summed E-state index contributed by atoms with van der Waals surface area (Å²) in [6, 6.07) is 17.7. The lowest BCUT2D eigenvalue weighted by Crippen LogP contribution is -2.03. The van der Waals surface area contributed by atoms with E-state index in [1.807, 2.05) is 0 Å². The first kappa shape index (κ1) is 12.9. The van der Waals surface area contributed by atoms with Crippen molar-refractivity contribution in [2.75, 3.05) is 0 Å². The van der Waals surface area contributed by atoms with Crippen LogP contribution in [-0.2, 0) is 0 Å². The van der Waals surface area contributed by atoms with Crippen LogP contribution in [0.2, 0.25) is 0 Å². The Balaban J connectivity index is 2.41. The molecule has 0 saturated carbocycles. The van der Waals surface area contributed by atoms with Gasteiger partial charge in [-0.15, -0.1) is 0 Å². The van der Waals surface area contributed by atoms with Gasteiger partial charge in [0, 0.05) is 5.92 Å². The van der Waals surface area contributed by atoms with Gasteiger partial charge in [0.15, 0.2) is 0 Å². The third kappa shape index (κ3) is 2.81. The zero-order chi connectivity index (χ0) is 13.0. The highest BCUT2D eigenvalue weighted by atomic mass is 14.2. The van der Waals surface area contributed by atoms with Crippen LogP contribution in [0.15, 0.2) is 48.5 Å². The van der Waals surface area contributed by atoms with Gasteiger partial charge in [0.25, 0.3) is 0 Å². The zero-order valence-corrected chi connectivity index (χ0v) is 11.6. The van der Waals surface area contributed by atoms with Gasteiger partial charge in [-0.25, -0.2) is 0 Å². The van der Waals surface area contributed by atoms with Crippen LogP contribution >= 0.6 is 0 Å². The molecule has 1 atom stereocenters. The van der Waals surface area contributed by atoms with Crippen molar-refractivity contribution in [2.24, 2.45) is 0 Å². The van der Waals surface area contributed by atoms with Gasteiger partial charge >= 0.3 is 0 Å². The maximum atomic E-state index is 2.30. The fraction of sp³-hybridized carbons (Fsp3) is 0.333. The van der Waals surface area contributed by atoms with Crippen molar-refractivity contribution in [1.82, 2.24) is 0 Å². The monoisotopic (exact) mass is 238 g/mol. The molecule has 0 N–H and O–H groups in total. The highest BCUT2D eigenvalue weighted by Crippen LogP contribution is 2.31. The molecule has 0 aliphatic carbocycles. The standard InChI is InChI=1S/C18H22/c1-4-8-18(16-9-6-5-7-10-16)17-12-11-14(2)13-15(17)3/h5-7,9-13,18H,4,8H2,1-3H3. The van der Waals surface area contributed by atoms with Gasteiger partial charge < -0.3 is 0 Å². The van der Waals surface area contributed by atoms with E-state index in [0.29, 0.717) is 5.92 Å². The summed E-state index contributed by atoms with van der Waals surface area (Å²) >= 11 is 0. The quantitative estimate of drug-likeness (QED) is 0.683. The second kappa shape index (κ2) is 5.86. The summed E-state index contributed by atoms with van der Waals surface area (Å²) in [5, 5.41) is 0. The Hall–Kier alpha value is -1.56. The van der Waals surface area contributed by atoms with E-state index >= 15 is 0 Å². The number of rotatable bonds is 4. The Morgan fingerprint density at radius 3 is 2.28 bits per heavy atom. The minimum absolute atomic E-state index is 0.539. The molecule has 1 unspecified atom stereocenters. The first-order chi connectivity index (χ1) is 8.72. The molecule has 0 saturated heterocycles. The van der Waals surface area contributed by atoms with Crippen LogP contribution in [-0.4, -0.2) is 0 Å². The molecular weight excluding hydrogens is 216 g/mol. The Labute approximate surface area is 111 Å². The molecule has 0 heterocycles. The predicted octanol–water partition coefficient (Wildman–Crippen LogP) is 5.24. The molecule has 0 aliphatic heterocycles. The summed E-state index contributed by atoms with van der Waals surface area (Å²) in [7, 11) is 0. The SMILES string of the molecule is CCCC(c1ccccc1)c1ccc(C)cc1C. The summed E-state index contributed by atoms with van der Waals surface area (Å²) in [5.41, 5.74) is 5.68. The molecule has 0 fully saturated rings.